The van der Waals surface area contributed by atoms with E-state index in [-0.39, 0.29) is 33.6 Å². The molecule has 2 rings (SSSR count). The van der Waals surface area contributed by atoms with Gasteiger partial charge in [0.1, 0.15) is 6.10 Å². The monoisotopic (exact) mass is 330 g/mol. The Balaban J connectivity index is 2.49. The van der Waals surface area contributed by atoms with Gasteiger partial charge in [0.2, 0.25) is 0 Å². The fraction of sp³-hybridized carbons (Fsp3) is 0.250. The number of aromatic nitrogens is 3. The van der Waals surface area contributed by atoms with Crippen molar-refractivity contribution in [2.24, 2.45) is 0 Å². The zero-order chi connectivity index (χ0) is 15.6. The summed E-state index contributed by atoms with van der Waals surface area (Å²) >= 11 is 11.8. The highest BCUT2D eigenvalue weighted by atomic mass is 35.5. The third-order valence-corrected chi connectivity index (χ3v) is 3.50. The fourth-order valence-corrected chi connectivity index (χ4v) is 1.95. The van der Waals surface area contributed by atoms with Gasteiger partial charge in [-0.3, -0.25) is 0 Å². The van der Waals surface area contributed by atoms with E-state index in [1.165, 1.54) is 26.4 Å². The maximum Gasteiger partial charge on any atom is 0.322 e. The first kappa shape index (κ1) is 15.6. The van der Waals surface area contributed by atoms with E-state index in [2.05, 4.69) is 15.0 Å². The van der Waals surface area contributed by atoms with E-state index in [1.807, 2.05) is 0 Å². The lowest BCUT2D eigenvalue weighted by atomic mass is 10.1. The van der Waals surface area contributed by atoms with Crippen LogP contribution in [0.3, 0.4) is 0 Å². The number of ether oxygens (including phenoxy) is 2. The molecule has 0 spiro atoms. The van der Waals surface area contributed by atoms with Gasteiger partial charge in [-0.15, -0.1) is 4.98 Å². The molecule has 0 bridgehead atoms. The molecule has 1 aromatic heterocycles. The minimum atomic E-state index is -1.23. The Labute approximate surface area is 130 Å². The van der Waals surface area contributed by atoms with Crippen LogP contribution in [0, 0.1) is 0 Å². The van der Waals surface area contributed by atoms with Crippen LogP contribution in [-0.2, 0) is 0 Å². The quantitative estimate of drug-likeness (QED) is 0.824. The summed E-state index contributed by atoms with van der Waals surface area (Å²) in [4.78, 5) is 11.8. The van der Waals surface area contributed by atoms with E-state index in [9.17, 15) is 5.11 Å². The molecule has 0 radical (unpaired) electrons. The summed E-state index contributed by atoms with van der Waals surface area (Å²) in [7, 11) is 2.77. The molecule has 0 saturated heterocycles. The third kappa shape index (κ3) is 3.10. The standard InChI is InChI=1S/C12H12Cl2N4O3/c1-20-11-16-10(17-12(18-11)21-2)9(19)5-3-4-6(13)7(14)8(5)15/h3-4,9,19H,15H2,1-2H3. The number of hydrogen-bond donors (Lipinski definition) is 2. The average Bonchev–Trinajstić information content (AvgIpc) is 2.51. The summed E-state index contributed by atoms with van der Waals surface area (Å²) in [6.07, 6.45) is -1.23. The molecule has 9 heteroatoms. The average molecular weight is 331 g/mol. The van der Waals surface area contributed by atoms with Gasteiger partial charge in [0.15, 0.2) is 5.82 Å². The van der Waals surface area contributed by atoms with E-state index < -0.39 is 6.10 Å². The summed E-state index contributed by atoms with van der Waals surface area (Å²) in [5.41, 5.74) is 6.32. The minimum absolute atomic E-state index is 0.00883. The second kappa shape index (κ2) is 6.30. The van der Waals surface area contributed by atoms with Crippen LogP contribution in [0.1, 0.15) is 17.5 Å². The molecule has 0 saturated carbocycles. The van der Waals surface area contributed by atoms with Crippen LogP contribution in [0.15, 0.2) is 12.1 Å². The van der Waals surface area contributed by atoms with Gasteiger partial charge >= 0.3 is 12.0 Å². The Hall–Kier alpha value is -1.83. The number of halogens is 2. The number of anilines is 1. The molecule has 0 aliphatic carbocycles. The van der Waals surface area contributed by atoms with Crippen LogP contribution in [-0.4, -0.2) is 34.3 Å². The van der Waals surface area contributed by atoms with Gasteiger partial charge in [-0.25, -0.2) is 0 Å². The molecule has 0 aliphatic heterocycles. The van der Waals surface area contributed by atoms with Gasteiger partial charge in [-0.1, -0.05) is 29.3 Å². The van der Waals surface area contributed by atoms with Crippen LogP contribution in [0.5, 0.6) is 12.0 Å². The minimum Gasteiger partial charge on any atom is -0.467 e. The van der Waals surface area contributed by atoms with Crippen LogP contribution >= 0.6 is 23.2 Å². The van der Waals surface area contributed by atoms with Gasteiger partial charge in [0, 0.05) is 5.56 Å². The van der Waals surface area contributed by atoms with E-state index in [4.69, 9.17) is 38.4 Å². The number of nitrogens with two attached hydrogens (primary N) is 1. The lowest BCUT2D eigenvalue weighted by molar-refractivity contribution is 0.204. The third-order valence-electron chi connectivity index (χ3n) is 2.68. The molecule has 1 unspecified atom stereocenters. The second-order valence-corrected chi connectivity index (χ2v) is 4.72. The Morgan fingerprint density at radius 1 is 1.10 bits per heavy atom. The maximum absolute atomic E-state index is 10.4. The van der Waals surface area contributed by atoms with Crippen molar-refractivity contribution in [3.8, 4) is 12.0 Å². The molecule has 1 aromatic carbocycles. The molecule has 2 aromatic rings. The molecule has 0 aliphatic rings. The number of rotatable bonds is 4. The first-order valence-corrected chi connectivity index (χ1v) is 6.49. The van der Waals surface area contributed by atoms with E-state index in [0.29, 0.717) is 5.56 Å². The van der Waals surface area contributed by atoms with Gasteiger partial charge in [-0.05, 0) is 6.07 Å². The second-order valence-electron chi connectivity index (χ2n) is 3.93. The van der Waals surface area contributed by atoms with E-state index in [1.54, 1.807) is 0 Å². The summed E-state index contributed by atoms with van der Waals surface area (Å²) in [5, 5.41) is 10.8. The van der Waals surface area contributed by atoms with Crippen molar-refractivity contribution in [1.29, 1.82) is 0 Å². The number of nitrogens with zero attached hydrogens (tertiary/aromatic N) is 3. The number of nitrogen functional groups attached to an aromatic ring is 1. The zero-order valence-corrected chi connectivity index (χ0v) is 12.7. The van der Waals surface area contributed by atoms with Crippen molar-refractivity contribution in [1.82, 2.24) is 15.0 Å². The molecule has 0 fully saturated rings. The predicted molar refractivity (Wildman–Crippen MR) is 77.9 cm³/mol. The highest BCUT2D eigenvalue weighted by molar-refractivity contribution is 6.43. The molecule has 1 heterocycles. The van der Waals surface area contributed by atoms with Crippen LogP contribution in [0.2, 0.25) is 10.0 Å². The normalized spacial score (nSPS) is 12.0. The Bertz CT molecular complexity index is 647. The molecule has 112 valence electrons. The SMILES string of the molecule is COc1nc(OC)nc(C(O)c2ccc(Cl)c(Cl)c2N)n1. The Morgan fingerprint density at radius 2 is 1.67 bits per heavy atom. The number of hydrogen-bond acceptors (Lipinski definition) is 7. The Kier molecular flexibility index (Phi) is 4.66. The first-order chi connectivity index (χ1) is 9.97. The first-order valence-electron chi connectivity index (χ1n) is 5.73. The van der Waals surface area contributed by atoms with Crippen molar-refractivity contribution >= 4 is 28.9 Å². The molecule has 21 heavy (non-hydrogen) atoms. The van der Waals surface area contributed by atoms with Crippen molar-refractivity contribution in [2.75, 3.05) is 20.0 Å². The van der Waals surface area contributed by atoms with Crippen LogP contribution in [0.25, 0.3) is 0 Å². The highest BCUT2D eigenvalue weighted by Crippen LogP contribution is 2.35. The van der Waals surface area contributed by atoms with Crippen molar-refractivity contribution < 1.29 is 14.6 Å². The molecular formula is C12H12Cl2N4O3. The molecular weight excluding hydrogens is 319 g/mol. The molecule has 1 atom stereocenters. The number of aliphatic hydroxyl groups excluding tert-OH is 1. The van der Waals surface area contributed by atoms with Crippen molar-refractivity contribution in [3.05, 3.63) is 33.6 Å². The summed E-state index contributed by atoms with van der Waals surface area (Å²) < 4.78 is 9.85. The Morgan fingerprint density at radius 3 is 2.19 bits per heavy atom. The summed E-state index contributed by atoms with van der Waals surface area (Å²) in [6, 6.07) is 3.08. The van der Waals surface area contributed by atoms with E-state index in [0.717, 1.165) is 0 Å². The molecule has 0 amide bonds. The predicted octanol–water partition coefficient (Wildman–Crippen LogP) is 1.86. The van der Waals surface area contributed by atoms with Crippen LogP contribution < -0.4 is 15.2 Å². The summed E-state index contributed by atoms with van der Waals surface area (Å²) in [6.45, 7) is 0. The fourth-order valence-electron chi connectivity index (χ4n) is 1.62. The van der Waals surface area contributed by atoms with Gasteiger partial charge in [0.05, 0.1) is 30.0 Å². The lowest BCUT2D eigenvalue weighted by Crippen LogP contribution is -2.11. The van der Waals surface area contributed by atoms with E-state index >= 15 is 0 Å². The largest absolute Gasteiger partial charge is 0.467 e. The number of aliphatic hydroxyl groups is 1. The maximum atomic E-state index is 10.4. The molecule has 3 N–H and O–H groups in total. The van der Waals surface area contributed by atoms with Gasteiger partial charge in [0.25, 0.3) is 0 Å². The number of benzene rings is 1. The van der Waals surface area contributed by atoms with Gasteiger partial charge in [-0.2, -0.15) is 9.97 Å². The zero-order valence-electron chi connectivity index (χ0n) is 11.2. The molecule has 7 nitrogen and oxygen atoms in total. The smallest absolute Gasteiger partial charge is 0.322 e. The summed E-state index contributed by atoms with van der Waals surface area (Å²) in [5.74, 6) is 0.0174. The van der Waals surface area contributed by atoms with Crippen LogP contribution in [0.4, 0.5) is 5.69 Å². The number of methoxy groups -OCH3 is 2. The van der Waals surface area contributed by atoms with Crippen molar-refractivity contribution in [2.45, 2.75) is 6.10 Å². The topological polar surface area (TPSA) is 103 Å². The lowest BCUT2D eigenvalue weighted by Gasteiger charge is -2.14. The highest BCUT2D eigenvalue weighted by Gasteiger charge is 2.21. The van der Waals surface area contributed by atoms with Gasteiger partial charge < -0.3 is 20.3 Å². The van der Waals surface area contributed by atoms with Crippen molar-refractivity contribution in [3.63, 3.8) is 0 Å².